The molecule has 24 heavy (non-hydrogen) atoms. The van der Waals surface area contributed by atoms with Crippen molar-refractivity contribution in [3.05, 3.63) is 83.1 Å². The third-order valence-electron chi connectivity index (χ3n) is 5.02. The molecule has 4 rings (SSSR count). The van der Waals surface area contributed by atoms with E-state index in [9.17, 15) is 0 Å². The second-order valence-electron chi connectivity index (χ2n) is 6.79. The average molecular weight is 320 g/mol. The first-order valence-electron chi connectivity index (χ1n) is 8.71. The molecule has 0 fully saturated rings. The molecule has 1 unspecified atom stereocenters. The number of rotatable bonds is 3. The minimum atomic E-state index is 0.271. The predicted molar refractivity (Wildman–Crippen MR) is 95.9 cm³/mol. The quantitative estimate of drug-likeness (QED) is 0.698. The Hall–Kier alpha value is -2.26. The van der Waals surface area contributed by atoms with Gasteiger partial charge in [-0.1, -0.05) is 23.8 Å². The molecule has 3 heteroatoms. The van der Waals surface area contributed by atoms with E-state index in [1.807, 2.05) is 6.07 Å². The predicted octanol–water partition coefficient (Wildman–Crippen LogP) is 4.69. The van der Waals surface area contributed by atoms with Gasteiger partial charge >= 0.3 is 0 Å². The number of fused-ring (bicyclic) bond motifs is 1. The van der Waals surface area contributed by atoms with Crippen LogP contribution >= 0.6 is 0 Å². The van der Waals surface area contributed by atoms with Crippen molar-refractivity contribution in [3.63, 3.8) is 0 Å². The Morgan fingerprint density at radius 2 is 2.00 bits per heavy atom. The average Bonchev–Trinajstić information content (AvgIpc) is 3.20. The molecule has 0 radical (unpaired) electrons. The molecule has 124 valence electrons. The number of nitrogens with zero attached hydrogens (tertiary/aromatic N) is 2. The molecule has 0 N–H and O–H groups in total. The van der Waals surface area contributed by atoms with Crippen molar-refractivity contribution >= 4 is 0 Å². The SMILES string of the molecule is Cc1ccc(C)c(C2c3cccn3CCCN2Cc2ccco2)c1. The van der Waals surface area contributed by atoms with Gasteiger partial charge in [0.05, 0.1) is 18.8 Å². The highest BCUT2D eigenvalue weighted by molar-refractivity contribution is 5.38. The third-order valence-corrected chi connectivity index (χ3v) is 5.02. The normalized spacial score (nSPS) is 18.3. The molecule has 1 aliphatic rings. The zero-order valence-electron chi connectivity index (χ0n) is 14.4. The minimum absolute atomic E-state index is 0.271. The maximum atomic E-state index is 5.64. The smallest absolute Gasteiger partial charge is 0.117 e. The molecule has 0 saturated heterocycles. The van der Waals surface area contributed by atoms with E-state index in [4.69, 9.17) is 4.42 Å². The highest BCUT2D eigenvalue weighted by atomic mass is 16.3. The molecule has 1 aliphatic heterocycles. The molecule has 0 spiro atoms. The molecular weight excluding hydrogens is 296 g/mol. The van der Waals surface area contributed by atoms with Gasteiger partial charge in [-0.3, -0.25) is 4.90 Å². The topological polar surface area (TPSA) is 21.3 Å². The zero-order chi connectivity index (χ0) is 16.5. The van der Waals surface area contributed by atoms with Crippen LogP contribution < -0.4 is 0 Å². The van der Waals surface area contributed by atoms with Crippen LogP contribution in [0.1, 0.15) is 40.6 Å². The van der Waals surface area contributed by atoms with Crippen LogP contribution in [-0.4, -0.2) is 16.0 Å². The molecular formula is C21H24N2O. The Morgan fingerprint density at radius 3 is 2.83 bits per heavy atom. The van der Waals surface area contributed by atoms with E-state index >= 15 is 0 Å². The van der Waals surface area contributed by atoms with E-state index in [0.717, 1.165) is 31.8 Å². The number of aromatic nitrogens is 1. The van der Waals surface area contributed by atoms with Gasteiger partial charge in [-0.25, -0.2) is 0 Å². The summed E-state index contributed by atoms with van der Waals surface area (Å²) in [5.74, 6) is 1.03. The van der Waals surface area contributed by atoms with Crippen molar-refractivity contribution < 1.29 is 4.42 Å². The van der Waals surface area contributed by atoms with Crippen LogP contribution in [0.2, 0.25) is 0 Å². The van der Waals surface area contributed by atoms with Gasteiger partial charge in [0.2, 0.25) is 0 Å². The van der Waals surface area contributed by atoms with Crippen LogP contribution in [0.4, 0.5) is 0 Å². The van der Waals surface area contributed by atoms with Crippen LogP contribution in [0.5, 0.6) is 0 Å². The fourth-order valence-electron chi connectivity index (χ4n) is 3.82. The van der Waals surface area contributed by atoms with Crippen molar-refractivity contribution in [1.82, 2.24) is 9.47 Å². The largest absolute Gasteiger partial charge is 0.468 e. The summed E-state index contributed by atoms with van der Waals surface area (Å²) >= 11 is 0. The van der Waals surface area contributed by atoms with Gasteiger partial charge in [0, 0.05) is 25.0 Å². The Balaban J connectivity index is 1.81. The summed E-state index contributed by atoms with van der Waals surface area (Å²) in [4.78, 5) is 2.55. The standard InChI is InChI=1S/C21H24N2O/c1-16-8-9-17(2)19(14-16)21-20-7-3-10-22(20)11-5-12-23(21)15-18-6-4-13-24-18/h3-4,6-10,13-14,21H,5,11-12,15H2,1-2H3. The molecule has 1 aromatic carbocycles. The Kier molecular flexibility index (Phi) is 4.03. The lowest BCUT2D eigenvalue weighted by molar-refractivity contribution is 0.202. The van der Waals surface area contributed by atoms with Gasteiger partial charge in [0.1, 0.15) is 5.76 Å². The van der Waals surface area contributed by atoms with Crippen molar-refractivity contribution in [2.75, 3.05) is 6.54 Å². The molecule has 0 aliphatic carbocycles. The van der Waals surface area contributed by atoms with Crippen molar-refractivity contribution in [2.24, 2.45) is 0 Å². The lowest BCUT2D eigenvalue weighted by Crippen LogP contribution is -2.30. The maximum Gasteiger partial charge on any atom is 0.117 e. The van der Waals surface area contributed by atoms with E-state index < -0.39 is 0 Å². The van der Waals surface area contributed by atoms with Crippen LogP contribution in [0, 0.1) is 13.8 Å². The Bertz CT molecular complexity index is 816. The molecule has 3 aromatic rings. The summed E-state index contributed by atoms with van der Waals surface area (Å²) in [5.41, 5.74) is 5.46. The number of furan rings is 1. The van der Waals surface area contributed by atoms with E-state index in [1.165, 1.54) is 22.4 Å². The van der Waals surface area contributed by atoms with Crippen LogP contribution in [0.15, 0.2) is 59.3 Å². The fraction of sp³-hybridized carbons (Fsp3) is 0.333. The lowest BCUT2D eigenvalue weighted by Gasteiger charge is -2.31. The summed E-state index contributed by atoms with van der Waals surface area (Å²) in [6.45, 7) is 7.39. The molecule has 0 bridgehead atoms. The van der Waals surface area contributed by atoms with E-state index in [-0.39, 0.29) is 6.04 Å². The molecule has 1 atom stereocenters. The monoisotopic (exact) mass is 320 g/mol. The minimum Gasteiger partial charge on any atom is -0.468 e. The number of aryl methyl sites for hydroxylation is 3. The number of hydrogen-bond donors (Lipinski definition) is 0. The Labute approximate surface area is 143 Å². The second-order valence-corrected chi connectivity index (χ2v) is 6.79. The van der Waals surface area contributed by atoms with E-state index in [1.54, 1.807) is 6.26 Å². The summed E-state index contributed by atoms with van der Waals surface area (Å²) in [6, 6.07) is 15.5. The highest BCUT2D eigenvalue weighted by Gasteiger charge is 2.29. The first kappa shape index (κ1) is 15.3. The third kappa shape index (κ3) is 2.80. The molecule has 0 saturated carbocycles. The lowest BCUT2D eigenvalue weighted by atomic mass is 9.95. The molecule has 2 aromatic heterocycles. The molecule has 0 amide bonds. The second kappa shape index (κ2) is 6.33. The van der Waals surface area contributed by atoms with Gasteiger partial charge in [-0.05, 0) is 55.7 Å². The summed E-state index contributed by atoms with van der Waals surface area (Å²) in [6.07, 6.45) is 5.14. The first-order valence-corrected chi connectivity index (χ1v) is 8.71. The molecule has 3 heterocycles. The highest BCUT2D eigenvalue weighted by Crippen LogP contribution is 2.35. The number of hydrogen-bond acceptors (Lipinski definition) is 2. The van der Waals surface area contributed by atoms with Crippen LogP contribution in [-0.2, 0) is 13.1 Å². The van der Waals surface area contributed by atoms with Gasteiger partial charge in [-0.2, -0.15) is 0 Å². The van der Waals surface area contributed by atoms with Gasteiger partial charge in [0.15, 0.2) is 0 Å². The first-order chi connectivity index (χ1) is 11.7. The summed E-state index contributed by atoms with van der Waals surface area (Å²) in [5, 5.41) is 0. The van der Waals surface area contributed by atoms with Gasteiger partial charge < -0.3 is 8.98 Å². The van der Waals surface area contributed by atoms with Gasteiger partial charge in [0.25, 0.3) is 0 Å². The van der Waals surface area contributed by atoms with E-state index in [0.29, 0.717) is 0 Å². The van der Waals surface area contributed by atoms with Crippen LogP contribution in [0.3, 0.4) is 0 Å². The zero-order valence-corrected chi connectivity index (χ0v) is 14.4. The maximum absolute atomic E-state index is 5.64. The van der Waals surface area contributed by atoms with Crippen molar-refractivity contribution in [2.45, 2.75) is 39.4 Å². The number of benzene rings is 1. The van der Waals surface area contributed by atoms with Crippen molar-refractivity contribution in [1.29, 1.82) is 0 Å². The van der Waals surface area contributed by atoms with Gasteiger partial charge in [-0.15, -0.1) is 0 Å². The fourth-order valence-corrected chi connectivity index (χ4v) is 3.82. The molecule has 3 nitrogen and oxygen atoms in total. The van der Waals surface area contributed by atoms with E-state index in [2.05, 4.69) is 65.9 Å². The summed E-state index contributed by atoms with van der Waals surface area (Å²) < 4.78 is 8.05. The van der Waals surface area contributed by atoms with Crippen molar-refractivity contribution in [3.8, 4) is 0 Å². The van der Waals surface area contributed by atoms with Crippen LogP contribution in [0.25, 0.3) is 0 Å². The summed E-state index contributed by atoms with van der Waals surface area (Å²) in [7, 11) is 0. The Morgan fingerprint density at radius 1 is 1.08 bits per heavy atom.